The molecule has 4 amide bonds. The van der Waals surface area contributed by atoms with Crippen molar-refractivity contribution in [3.63, 3.8) is 0 Å². The highest BCUT2D eigenvalue weighted by Crippen LogP contribution is 2.48. The van der Waals surface area contributed by atoms with Crippen LogP contribution in [0.2, 0.25) is 0 Å². The first-order chi connectivity index (χ1) is 12.6. The van der Waals surface area contributed by atoms with Crippen molar-refractivity contribution < 1.29 is 14.7 Å². The Kier molecular flexibility index (Phi) is 3.20. The Morgan fingerprint density at radius 3 is 1.65 bits per heavy atom. The number of hydrogen-bond donors (Lipinski definition) is 3. The Hall–Kier alpha value is -3.06. The van der Waals surface area contributed by atoms with E-state index in [2.05, 4.69) is 10.6 Å². The second kappa shape index (κ2) is 5.47. The van der Waals surface area contributed by atoms with E-state index >= 15 is 0 Å². The van der Waals surface area contributed by atoms with Crippen molar-refractivity contribution in [2.24, 2.45) is 0 Å². The molecule has 0 bridgehead atoms. The van der Waals surface area contributed by atoms with Crippen LogP contribution in [-0.2, 0) is 0 Å². The summed E-state index contributed by atoms with van der Waals surface area (Å²) in [7, 11) is 0. The molecule has 0 aliphatic carbocycles. The second-order valence-electron chi connectivity index (χ2n) is 6.88. The van der Waals surface area contributed by atoms with E-state index in [9.17, 15) is 14.7 Å². The minimum atomic E-state index is -0.811. The largest absolute Gasteiger partial charge is 0.389 e. The van der Waals surface area contributed by atoms with E-state index in [1.54, 1.807) is 9.80 Å². The van der Waals surface area contributed by atoms with Gasteiger partial charge in [-0.15, -0.1) is 0 Å². The number of benzene rings is 2. The van der Waals surface area contributed by atoms with Crippen LogP contribution in [0.25, 0.3) is 0 Å². The maximum absolute atomic E-state index is 12.7. The molecule has 2 aromatic carbocycles. The van der Waals surface area contributed by atoms with Crippen molar-refractivity contribution in [3.05, 3.63) is 59.7 Å². The van der Waals surface area contributed by atoms with Gasteiger partial charge in [0, 0.05) is 22.5 Å². The first-order valence-electron chi connectivity index (χ1n) is 8.64. The van der Waals surface area contributed by atoms with Crippen LogP contribution in [0.3, 0.4) is 0 Å². The minimum absolute atomic E-state index is 0.174. The Morgan fingerprint density at radius 2 is 1.19 bits per heavy atom. The fraction of sp³-hybridized carbons (Fsp3) is 0.263. The van der Waals surface area contributed by atoms with Crippen molar-refractivity contribution in [1.82, 2.24) is 9.80 Å². The number of aliphatic hydroxyl groups is 1. The zero-order valence-corrected chi connectivity index (χ0v) is 13.9. The molecule has 0 saturated carbocycles. The zero-order chi connectivity index (χ0) is 17.8. The quantitative estimate of drug-likeness (QED) is 0.683. The van der Waals surface area contributed by atoms with E-state index in [-0.39, 0.29) is 37.2 Å². The fourth-order valence-corrected chi connectivity index (χ4v) is 4.29. The van der Waals surface area contributed by atoms with Gasteiger partial charge >= 0.3 is 12.1 Å². The van der Waals surface area contributed by atoms with Crippen molar-refractivity contribution in [3.8, 4) is 0 Å². The lowest BCUT2D eigenvalue weighted by Gasteiger charge is -2.45. The number of amides is 4. The lowest BCUT2D eigenvalue weighted by Crippen LogP contribution is -2.49. The summed E-state index contributed by atoms with van der Waals surface area (Å²) in [5, 5.41) is 16.2. The summed E-state index contributed by atoms with van der Waals surface area (Å²) in [6.07, 6.45) is -0.811. The predicted octanol–water partition coefficient (Wildman–Crippen LogP) is 2.54. The van der Waals surface area contributed by atoms with Gasteiger partial charge in [-0.2, -0.15) is 0 Å². The number of urea groups is 2. The highest BCUT2D eigenvalue weighted by Gasteiger charge is 2.48. The van der Waals surface area contributed by atoms with Crippen LogP contribution in [-0.4, -0.2) is 46.2 Å². The van der Waals surface area contributed by atoms with Crippen LogP contribution in [0.15, 0.2) is 48.5 Å². The molecule has 0 aromatic heterocycles. The fourth-order valence-electron chi connectivity index (χ4n) is 4.29. The highest BCUT2D eigenvalue weighted by atomic mass is 16.3. The molecule has 0 radical (unpaired) electrons. The van der Waals surface area contributed by atoms with Crippen molar-refractivity contribution in [2.45, 2.75) is 18.2 Å². The summed E-state index contributed by atoms with van der Waals surface area (Å²) in [6.45, 7) is 0.348. The molecule has 1 fully saturated rings. The van der Waals surface area contributed by atoms with E-state index in [0.29, 0.717) is 0 Å². The third-order valence-corrected chi connectivity index (χ3v) is 5.35. The average Bonchev–Trinajstić information content (AvgIpc) is 2.79. The van der Waals surface area contributed by atoms with E-state index in [0.717, 1.165) is 22.5 Å². The number of rotatable bonds is 0. The molecular weight excluding hydrogens is 332 g/mol. The van der Waals surface area contributed by atoms with Gasteiger partial charge in [0.1, 0.15) is 0 Å². The molecule has 5 rings (SSSR count). The summed E-state index contributed by atoms with van der Waals surface area (Å²) in [5.41, 5.74) is 3.39. The van der Waals surface area contributed by atoms with Crippen LogP contribution >= 0.6 is 0 Å². The number of fused-ring (bicyclic) bond motifs is 7. The van der Waals surface area contributed by atoms with Crippen LogP contribution in [0, 0.1) is 0 Å². The molecule has 3 N–H and O–H groups in total. The standard InChI is InChI=1S/C19H18N4O3/c24-11-9-22-16(12-5-1-3-7-14(12)20-18(22)25)17-13-6-2-4-8-15(13)21-19(26)23(17)10-11/h1-8,11,16-17,24H,9-10H2,(H,20,25)(H,21,26)/t11?,16-,17+. The van der Waals surface area contributed by atoms with Crippen LogP contribution in [0.4, 0.5) is 21.0 Å². The smallest absolute Gasteiger partial charge is 0.322 e. The molecule has 1 unspecified atom stereocenters. The number of anilines is 2. The number of carbonyl (C=O) groups excluding carboxylic acids is 2. The second-order valence-corrected chi connectivity index (χ2v) is 6.88. The third kappa shape index (κ3) is 2.10. The summed E-state index contributed by atoms with van der Waals surface area (Å²) < 4.78 is 0. The molecule has 7 nitrogen and oxygen atoms in total. The molecule has 1 saturated heterocycles. The maximum Gasteiger partial charge on any atom is 0.322 e. The number of aliphatic hydroxyl groups excluding tert-OH is 1. The minimum Gasteiger partial charge on any atom is -0.389 e. The van der Waals surface area contributed by atoms with Crippen LogP contribution in [0.5, 0.6) is 0 Å². The van der Waals surface area contributed by atoms with E-state index in [1.165, 1.54) is 0 Å². The molecule has 3 aliphatic rings. The first-order valence-corrected chi connectivity index (χ1v) is 8.64. The van der Waals surface area contributed by atoms with Crippen LogP contribution < -0.4 is 10.6 Å². The predicted molar refractivity (Wildman–Crippen MR) is 95.8 cm³/mol. The monoisotopic (exact) mass is 350 g/mol. The lowest BCUT2D eigenvalue weighted by molar-refractivity contribution is 0.116. The van der Waals surface area contributed by atoms with Gasteiger partial charge in [0.05, 0.1) is 31.3 Å². The molecule has 7 heteroatoms. The summed E-state index contributed by atoms with van der Waals surface area (Å²) in [4.78, 5) is 28.8. The SMILES string of the molecule is O=C1Nc2ccccc2[C@@H]2[C@@H]3c4ccccc4NC(=O)N3CC(O)CN12. The normalized spacial score (nSPS) is 26.6. The van der Waals surface area contributed by atoms with Crippen molar-refractivity contribution in [1.29, 1.82) is 0 Å². The van der Waals surface area contributed by atoms with E-state index in [4.69, 9.17) is 0 Å². The van der Waals surface area contributed by atoms with E-state index in [1.807, 2.05) is 48.5 Å². The topological polar surface area (TPSA) is 84.9 Å². The Labute approximate surface area is 150 Å². The molecule has 3 atom stereocenters. The average molecular weight is 350 g/mol. The molecule has 3 heterocycles. The van der Waals surface area contributed by atoms with Crippen molar-refractivity contribution >= 4 is 23.4 Å². The zero-order valence-electron chi connectivity index (χ0n) is 13.9. The van der Waals surface area contributed by atoms with Gasteiger partial charge < -0.3 is 25.5 Å². The summed E-state index contributed by atoms with van der Waals surface area (Å²) in [6, 6.07) is 14.1. The summed E-state index contributed by atoms with van der Waals surface area (Å²) in [5.74, 6) is 0. The van der Waals surface area contributed by atoms with Gasteiger partial charge in [-0.3, -0.25) is 0 Å². The molecule has 132 valence electrons. The number of carbonyl (C=O) groups is 2. The Balaban J connectivity index is 1.75. The van der Waals surface area contributed by atoms with Crippen LogP contribution in [0.1, 0.15) is 23.2 Å². The number of para-hydroxylation sites is 2. The number of nitrogens with one attached hydrogen (secondary N) is 2. The molecule has 0 spiro atoms. The molecule has 3 aliphatic heterocycles. The first kappa shape index (κ1) is 15.2. The third-order valence-electron chi connectivity index (χ3n) is 5.35. The number of nitrogens with zero attached hydrogens (tertiary/aromatic N) is 2. The molecular formula is C19H18N4O3. The summed E-state index contributed by atoms with van der Waals surface area (Å²) >= 11 is 0. The van der Waals surface area contributed by atoms with Gasteiger partial charge in [0.2, 0.25) is 0 Å². The van der Waals surface area contributed by atoms with Gasteiger partial charge in [-0.25, -0.2) is 9.59 Å². The van der Waals surface area contributed by atoms with E-state index < -0.39 is 6.10 Å². The Bertz CT molecular complexity index is 842. The van der Waals surface area contributed by atoms with Gasteiger partial charge in [-0.1, -0.05) is 36.4 Å². The Morgan fingerprint density at radius 1 is 0.769 bits per heavy atom. The number of hydrogen-bond acceptors (Lipinski definition) is 3. The lowest BCUT2D eigenvalue weighted by atomic mass is 9.87. The highest BCUT2D eigenvalue weighted by molar-refractivity contribution is 5.96. The maximum atomic E-state index is 12.7. The molecule has 2 aromatic rings. The molecule has 26 heavy (non-hydrogen) atoms. The van der Waals surface area contributed by atoms with Crippen molar-refractivity contribution in [2.75, 3.05) is 23.7 Å². The van der Waals surface area contributed by atoms with Gasteiger partial charge in [-0.05, 0) is 12.1 Å². The van der Waals surface area contributed by atoms with Gasteiger partial charge in [0.25, 0.3) is 0 Å². The van der Waals surface area contributed by atoms with Gasteiger partial charge in [0.15, 0.2) is 0 Å².